The smallest absolute Gasteiger partial charge is 0.0701 e. The van der Waals surface area contributed by atoms with E-state index in [1.54, 1.807) is 0 Å². The quantitative estimate of drug-likeness (QED) is 0.159. The summed E-state index contributed by atoms with van der Waals surface area (Å²) in [7, 11) is 0. The lowest BCUT2D eigenvalue weighted by Crippen LogP contribution is -2.38. The summed E-state index contributed by atoms with van der Waals surface area (Å²) in [6.45, 7) is 7.84. The standard InChI is InChI=1S/C20H42O10/c1-2-20(17-28-14-11-25-7-4-22,18-29-15-12-26-8-5-23)19-30-16-13-27-10-9-24-6-3-21/h21-23H,2-19H2,1H3. The van der Waals surface area contributed by atoms with Crippen molar-refractivity contribution in [3.05, 3.63) is 0 Å². The van der Waals surface area contributed by atoms with E-state index in [9.17, 15) is 0 Å². The van der Waals surface area contributed by atoms with E-state index in [0.29, 0.717) is 92.5 Å². The third-order valence-electron chi connectivity index (χ3n) is 4.17. The first-order valence-corrected chi connectivity index (χ1v) is 10.6. The number of rotatable bonds is 25. The molecule has 0 spiro atoms. The SMILES string of the molecule is CCC(COCCOCCO)(COCCOCCO)COCCOCCOCCO. The topological polar surface area (TPSA) is 125 Å². The van der Waals surface area contributed by atoms with Crippen LogP contribution in [0.3, 0.4) is 0 Å². The van der Waals surface area contributed by atoms with Crippen molar-refractivity contribution in [3.8, 4) is 0 Å². The molecule has 0 aliphatic carbocycles. The van der Waals surface area contributed by atoms with Crippen LogP contribution in [0.2, 0.25) is 0 Å². The van der Waals surface area contributed by atoms with Crippen molar-refractivity contribution in [1.82, 2.24) is 0 Å². The first-order chi connectivity index (χ1) is 14.7. The van der Waals surface area contributed by atoms with E-state index in [1.165, 1.54) is 0 Å². The molecule has 0 atom stereocenters. The number of ether oxygens (including phenoxy) is 7. The van der Waals surface area contributed by atoms with Gasteiger partial charge in [-0.15, -0.1) is 0 Å². The zero-order valence-corrected chi connectivity index (χ0v) is 18.4. The molecular weight excluding hydrogens is 400 g/mol. The van der Waals surface area contributed by atoms with Crippen LogP contribution in [0.15, 0.2) is 0 Å². The molecule has 0 aliphatic rings. The molecule has 0 fully saturated rings. The molecule has 0 amide bonds. The van der Waals surface area contributed by atoms with E-state index < -0.39 is 0 Å². The Hall–Kier alpha value is -0.400. The Kier molecular flexibility index (Phi) is 23.0. The van der Waals surface area contributed by atoms with E-state index in [2.05, 4.69) is 6.92 Å². The third-order valence-corrected chi connectivity index (χ3v) is 4.17. The summed E-state index contributed by atoms with van der Waals surface area (Å²) in [6, 6.07) is 0. The fraction of sp³-hybridized carbons (Fsp3) is 1.00. The van der Waals surface area contributed by atoms with Crippen LogP contribution in [0.5, 0.6) is 0 Å². The average Bonchev–Trinajstić information content (AvgIpc) is 2.76. The number of aliphatic hydroxyl groups is 3. The van der Waals surface area contributed by atoms with Crippen molar-refractivity contribution in [2.45, 2.75) is 13.3 Å². The van der Waals surface area contributed by atoms with Gasteiger partial charge in [0.15, 0.2) is 0 Å². The van der Waals surface area contributed by atoms with Gasteiger partial charge in [0.2, 0.25) is 0 Å². The van der Waals surface area contributed by atoms with Gasteiger partial charge in [-0.25, -0.2) is 0 Å². The lowest BCUT2D eigenvalue weighted by molar-refractivity contribution is -0.0910. The van der Waals surface area contributed by atoms with Gasteiger partial charge >= 0.3 is 0 Å². The lowest BCUT2D eigenvalue weighted by Gasteiger charge is -2.32. The molecule has 0 radical (unpaired) electrons. The van der Waals surface area contributed by atoms with E-state index in [4.69, 9.17) is 48.5 Å². The van der Waals surface area contributed by atoms with Crippen LogP contribution in [0.25, 0.3) is 0 Å². The maximum atomic E-state index is 8.73. The Bertz CT molecular complexity index is 317. The highest BCUT2D eigenvalue weighted by Gasteiger charge is 2.29. The second-order valence-corrected chi connectivity index (χ2v) is 6.63. The Morgan fingerprint density at radius 1 is 0.433 bits per heavy atom. The highest BCUT2D eigenvalue weighted by atomic mass is 16.6. The fourth-order valence-corrected chi connectivity index (χ4v) is 2.37. The molecule has 3 N–H and O–H groups in total. The van der Waals surface area contributed by atoms with Crippen LogP contribution in [-0.4, -0.2) is 128 Å². The molecular formula is C20H42O10. The van der Waals surface area contributed by atoms with Crippen molar-refractivity contribution in [1.29, 1.82) is 0 Å². The fourth-order valence-electron chi connectivity index (χ4n) is 2.37. The highest BCUT2D eigenvalue weighted by molar-refractivity contribution is 4.77. The normalized spacial score (nSPS) is 12.0. The van der Waals surface area contributed by atoms with Crippen LogP contribution in [0.4, 0.5) is 0 Å². The zero-order chi connectivity index (χ0) is 22.2. The Balaban J connectivity index is 4.18. The van der Waals surface area contributed by atoms with E-state index in [-0.39, 0.29) is 25.2 Å². The van der Waals surface area contributed by atoms with Gasteiger partial charge in [-0.1, -0.05) is 6.92 Å². The van der Waals surface area contributed by atoms with Gasteiger partial charge in [0, 0.05) is 5.41 Å². The molecule has 0 aromatic carbocycles. The summed E-state index contributed by atoms with van der Waals surface area (Å²) in [5.74, 6) is 0. The van der Waals surface area contributed by atoms with Crippen molar-refractivity contribution >= 4 is 0 Å². The third kappa shape index (κ3) is 18.4. The minimum atomic E-state index is -0.307. The van der Waals surface area contributed by atoms with Gasteiger partial charge in [-0.05, 0) is 6.42 Å². The van der Waals surface area contributed by atoms with Crippen molar-refractivity contribution in [3.63, 3.8) is 0 Å². The average molecular weight is 443 g/mol. The van der Waals surface area contributed by atoms with Gasteiger partial charge in [0.1, 0.15) is 0 Å². The van der Waals surface area contributed by atoms with E-state index >= 15 is 0 Å². The van der Waals surface area contributed by atoms with Gasteiger partial charge < -0.3 is 48.5 Å². The summed E-state index contributed by atoms with van der Waals surface area (Å²) >= 11 is 0. The molecule has 0 heterocycles. The minimum Gasteiger partial charge on any atom is -0.394 e. The summed E-state index contributed by atoms with van der Waals surface area (Å²) < 4.78 is 38.3. The number of aliphatic hydroxyl groups excluding tert-OH is 3. The molecule has 0 saturated heterocycles. The zero-order valence-electron chi connectivity index (χ0n) is 18.4. The van der Waals surface area contributed by atoms with Crippen LogP contribution >= 0.6 is 0 Å². The molecule has 0 rings (SSSR count). The van der Waals surface area contributed by atoms with Gasteiger partial charge in [-0.2, -0.15) is 0 Å². The van der Waals surface area contributed by atoms with Crippen LogP contribution in [0, 0.1) is 5.41 Å². The predicted molar refractivity (Wildman–Crippen MR) is 110 cm³/mol. The van der Waals surface area contributed by atoms with E-state index in [1.807, 2.05) is 0 Å². The summed E-state index contributed by atoms with van der Waals surface area (Å²) in [6.07, 6.45) is 0.803. The van der Waals surface area contributed by atoms with Crippen LogP contribution in [0.1, 0.15) is 13.3 Å². The van der Waals surface area contributed by atoms with Gasteiger partial charge in [0.25, 0.3) is 0 Å². The lowest BCUT2D eigenvalue weighted by atomic mass is 9.88. The van der Waals surface area contributed by atoms with E-state index in [0.717, 1.165) is 6.42 Å². The number of hydrogen-bond donors (Lipinski definition) is 3. The first-order valence-electron chi connectivity index (χ1n) is 10.6. The summed E-state index contributed by atoms with van der Waals surface area (Å²) in [4.78, 5) is 0. The monoisotopic (exact) mass is 442 g/mol. The molecule has 0 aromatic rings. The maximum absolute atomic E-state index is 8.73. The highest BCUT2D eigenvalue weighted by Crippen LogP contribution is 2.24. The van der Waals surface area contributed by atoms with Crippen molar-refractivity contribution < 1.29 is 48.5 Å². The van der Waals surface area contributed by atoms with Crippen LogP contribution in [-0.2, 0) is 33.2 Å². The predicted octanol–water partition coefficient (Wildman–Crippen LogP) is -0.524. The van der Waals surface area contributed by atoms with Gasteiger partial charge in [-0.3, -0.25) is 0 Å². The Morgan fingerprint density at radius 2 is 0.700 bits per heavy atom. The Morgan fingerprint density at radius 3 is 0.967 bits per heavy atom. The number of hydrogen-bond acceptors (Lipinski definition) is 10. The van der Waals surface area contributed by atoms with Crippen LogP contribution < -0.4 is 0 Å². The molecule has 30 heavy (non-hydrogen) atoms. The second-order valence-electron chi connectivity index (χ2n) is 6.63. The summed E-state index contributed by atoms with van der Waals surface area (Å²) in [5.41, 5.74) is -0.307. The molecule has 182 valence electrons. The molecule has 0 aliphatic heterocycles. The molecule has 10 nitrogen and oxygen atoms in total. The minimum absolute atomic E-state index is 0.00540. The largest absolute Gasteiger partial charge is 0.394 e. The van der Waals surface area contributed by atoms with Crippen molar-refractivity contribution in [2.75, 3.05) is 112 Å². The summed E-state index contributed by atoms with van der Waals surface area (Å²) in [5, 5.41) is 26.1. The molecule has 0 saturated carbocycles. The second kappa shape index (κ2) is 23.3. The molecule has 0 aromatic heterocycles. The molecule has 0 bridgehead atoms. The van der Waals surface area contributed by atoms with Gasteiger partial charge in [0.05, 0.1) is 112 Å². The Labute approximate surface area is 180 Å². The first kappa shape index (κ1) is 29.6. The maximum Gasteiger partial charge on any atom is 0.0701 e. The molecule has 0 unspecified atom stereocenters. The molecule has 10 heteroatoms. The van der Waals surface area contributed by atoms with Crippen molar-refractivity contribution in [2.24, 2.45) is 5.41 Å².